The van der Waals surface area contributed by atoms with Crippen LogP contribution in [-0.2, 0) is 4.74 Å². The minimum Gasteiger partial charge on any atom is -0.399 e. The molecule has 0 aliphatic rings. The molecular formula is C12H9N3O5. The van der Waals surface area contributed by atoms with E-state index in [1.165, 1.54) is 24.3 Å². The molecule has 0 saturated carbocycles. The molecule has 0 atom stereocenters. The summed E-state index contributed by atoms with van der Waals surface area (Å²) >= 11 is 0. The van der Waals surface area contributed by atoms with E-state index in [4.69, 9.17) is 5.73 Å². The van der Waals surface area contributed by atoms with Gasteiger partial charge < -0.3 is 15.5 Å². The number of ether oxygens (including phenoxy) is 1. The molecule has 102 valence electrons. The molecule has 0 saturated heterocycles. The molecule has 4 N–H and O–H groups in total. The lowest BCUT2D eigenvalue weighted by Crippen LogP contribution is -2.26. The smallest absolute Gasteiger partial charge is 0.362 e. The summed E-state index contributed by atoms with van der Waals surface area (Å²) in [6, 6.07) is 6.52. The number of hydrogen-bond donors (Lipinski definition) is 3. The Kier molecular flexibility index (Phi) is 3.47. The molecule has 0 aliphatic heterocycles. The van der Waals surface area contributed by atoms with Crippen LogP contribution in [0.15, 0.2) is 39.9 Å². The lowest BCUT2D eigenvalue weighted by Gasteiger charge is -2.02. The molecule has 8 heteroatoms. The third-order valence-electron chi connectivity index (χ3n) is 2.31. The Labute approximate surface area is 111 Å². The van der Waals surface area contributed by atoms with Crippen molar-refractivity contribution in [1.82, 2.24) is 9.97 Å². The maximum absolute atomic E-state index is 11.6. The van der Waals surface area contributed by atoms with Gasteiger partial charge in [0.25, 0.3) is 5.56 Å². The van der Waals surface area contributed by atoms with Gasteiger partial charge in [0.05, 0.1) is 5.56 Å². The minimum absolute atomic E-state index is 0.111. The molecule has 0 fully saturated rings. The van der Waals surface area contributed by atoms with Gasteiger partial charge in [-0.25, -0.2) is 14.4 Å². The second-order valence-corrected chi connectivity index (χ2v) is 3.80. The Morgan fingerprint density at radius 1 is 1.00 bits per heavy atom. The van der Waals surface area contributed by atoms with E-state index in [1.54, 1.807) is 0 Å². The van der Waals surface area contributed by atoms with Crippen molar-refractivity contribution in [2.45, 2.75) is 0 Å². The van der Waals surface area contributed by atoms with Gasteiger partial charge in [-0.2, -0.15) is 0 Å². The van der Waals surface area contributed by atoms with Gasteiger partial charge in [0.15, 0.2) is 0 Å². The molecule has 1 aromatic carbocycles. The zero-order valence-electron chi connectivity index (χ0n) is 10.0. The van der Waals surface area contributed by atoms with E-state index in [2.05, 4.69) is 9.72 Å². The standard InChI is InChI=1S/C12H9N3O5/c13-7-3-1-6(2-4-7)10(17)20-11(18)8-5-9(16)15-12(19)14-8/h1-5H,13H2,(H2,14,15,16,19). The van der Waals surface area contributed by atoms with Gasteiger partial charge in [-0.15, -0.1) is 0 Å². The monoisotopic (exact) mass is 275 g/mol. The molecule has 2 aromatic rings. The normalized spacial score (nSPS) is 10.0. The number of nitrogens with one attached hydrogen (secondary N) is 2. The summed E-state index contributed by atoms with van der Waals surface area (Å²) in [5.74, 6) is -2.05. The lowest BCUT2D eigenvalue weighted by molar-refractivity contribution is 0.0393. The maximum atomic E-state index is 11.6. The van der Waals surface area contributed by atoms with E-state index in [0.29, 0.717) is 5.69 Å². The van der Waals surface area contributed by atoms with Crippen molar-refractivity contribution in [2.75, 3.05) is 5.73 Å². The van der Waals surface area contributed by atoms with Crippen LogP contribution in [0, 0.1) is 0 Å². The molecule has 8 nitrogen and oxygen atoms in total. The molecule has 0 spiro atoms. The van der Waals surface area contributed by atoms with E-state index in [1.807, 2.05) is 4.98 Å². The number of benzene rings is 1. The first kappa shape index (κ1) is 13.3. The fourth-order valence-corrected chi connectivity index (χ4v) is 1.40. The third kappa shape index (κ3) is 2.99. The van der Waals surface area contributed by atoms with Crippen molar-refractivity contribution >= 4 is 17.6 Å². The van der Waals surface area contributed by atoms with Crippen molar-refractivity contribution in [3.8, 4) is 0 Å². The second-order valence-electron chi connectivity index (χ2n) is 3.80. The summed E-state index contributed by atoms with van der Waals surface area (Å²) in [7, 11) is 0. The molecule has 2 rings (SSSR count). The average molecular weight is 275 g/mol. The Balaban J connectivity index is 2.19. The topological polar surface area (TPSA) is 135 Å². The highest BCUT2D eigenvalue weighted by atomic mass is 16.6. The first-order valence-electron chi connectivity index (χ1n) is 5.41. The molecule has 20 heavy (non-hydrogen) atoms. The van der Waals surface area contributed by atoms with Crippen LogP contribution >= 0.6 is 0 Å². The van der Waals surface area contributed by atoms with Crippen LogP contribution in [0.2, 0.25) is 0 Å². The molecule has 1 heterocycles. The zero-order chi connectivity index (χ0) is 14.7. The number of carbonyl (C=O) groups is 2. The minimum atomic E-state index is -1.13. The van der Waals surface area contributed by atoms with E-state index in [0.717, 1.165) is 6.07 Å². The number of aromatic amines is 2. The maximum Gasteiger partial charge on any atom is 0.362 e. The van der Waals surface area contributed by atoms with Crippen LogP contribution in [0.25, 0.3) is 0 Å². The lowest BCUT2D eigenvalue weighted by atomic mass is 10.2. The largest absolute Gasteiger partial charge is 0.399 e. The number of H-pyrrole nitrogens is 2. The fraction of sp³-hybridized carbons (Fsp3) is 0. The number of nitrogen functional groups attached to an aromatic ring is 1. The molecular weight excluding hydrogens is 266 g/mol. The highest BCUT2D eigenvalue weighted by Gasteiger charge is 2.16. The number of rotatable bonds is 2. The van der Waals surface area contributed by atoms with Crippen LogP contribution in [0.3, 0.4) is 0 Å². The van der Waals surface area contributed by atoms with Crippen LogP contribution in [0.1, 0.15) is 20.8 Å². The Bertz CT molecular complexity index is 744. The van der Waals surface area contributed by atoms with Crippen molar-refractivity contribution in [3.63, 3.8) is 0 Å². The summed E-state index contributed by atoms with van der Waals surface area (Å²) in [5.41, 5.74) is 3.95. The highest BCUT2D eigenvalue weighted by molar-refractivity contribution is 6.01. The third-order valence-corrected chi connectivity index (χ3v) is 2.31. The van der Waals surface area contributed by atoms with Crippen molar-refractivity contribution in [2.24, 2.45) is 0 Å². The Hall–Kier alpha value is -3.16. The van der Waals surface area contributed by atoms with Gasteiger partial charge in [0.1, 0.15) is 5.69 Å². The summed E-state index contributed by atoms with van der Waals surface area (Å²) in [5, 5.41) is 0. The SMILES string of the molecule is Nc1ccc(C(=O)OC(=O)c2cc(=O)[nH]c(=O)[nH]2)cc1. The molecule has 0 radical (unpaired) electrons. The summed E-state index contributed by atoms with van der Waals surface area (Å²) < 4.78 is 4.53. The molecule has 1 aromatic heterocycles. The average Bonchev–Trinajstić information content (AvgIpc) is 2.38. The predicted molar refractivity (Wildman–Crippen MR) is 68.3 cm³/mol. The van der Waals surface area contributed by atoms with E-state index in [-0.39, 0.29) is 5.56 Å². The van der Waals surface area contributed by atoms with Crippen molar-refractivity contribution in [3.05, 3.63) is 62.4 Å². The van der Waals surface area contributed by atoms with E-state index >= 15 is 0 Å². The van der Waals surface area contributed by atoms with E-state index < -0.39 is 28.9 Å². The van der Waals surface area contributed by atoms with Crippen LogP contribution in [0.4, 0.5) is 5.69 Å². The number of anilines is 1. The number of nitrogens with two attached hydrogens (primary N) is 1. The first-order chi connectivity index (χ1) is 9.45. The summed E-state index contributed by atoms with van der Waals surface area (Å²) in [6.07, 6.45) is 0. The number of hydrogen-bond acceptors (Lipinski definition) is 6. The summed E-state index contributed by atoms with van der Waals surface area (Å²) in [4.78, 5) is 49.2. The van der Waals surface area contributed by atoms with Crippen molar-refractivity contribution in [1.29, 1.82) is 0 Å². The van der Waals surface area contributed by atoms with E-state index in [9.17, 15) is 19.2 Å². The second kappa shape index (κ2) is 5.22. The summed E-state index contributed by atoms with van der Waals surface area (Å²) in [6.45, 7) is 0. The number of esters is 2. The number of aromatic nitrogens is 2. The molecule has 0 amide bonds. The molecule has 0 bridgehead atoms. The van der Waals surface area contributed by atoms with Gasteiger partial charge >= 0.3 is 17.6 Å². The van der Waals surface area contributed by atoms with Crippen molar-refractivity contribution < 1.29 is 14.3 Å². The zero-order valence-corrected chi connectivity index (χ0v) is 10.0. The van der Waals surface area contributed by atoms with Crippen LogP contribution in [0.5, 0.6) is 0 Å². The van der Waals surface area contributed by atoms with Gasteiger partial charge in [0, 0.05) is 11.8 Å². The Morgan fingerprint density at radius 2 is 1.65 bits per heavy atom. The predicted octanol–water partition coefficient (Wildman–Crippen LogP) is -0.357. The van der Waals surface area contributed by atoms with Gasteiger partial charge in [-0.3, -0.25) is 9.78 Å². The molecule has 0 aliphatic carbocycles. The first-order valence-corrected chi connectivity index (χ1v) is 5.41. The quantitative estimate of drug-likeness (QED) is 0.389. The Morgan fingerprint density at radius 3 is 2.25 bits per heavy atom. The van der Waals surface area contributed by atoms with Gasteiger partial charge in [0.2, 0.25) is 0 Å². The van der Waals surface area contributed by atoms with Crippen LogP contribution < -0.4 is 17.0 Å². The number of carbonyl (C=O) groups excluding carboxylic acids is 2. The molecule has 0 unspecified atom stereocenters. The van der Waals surface area contributed by atoms with Crippen LogP contribution in [-0.4, -0.2) is 21.9 Å². The van der Waals surface area contributed by atoms with Gasteiger partial charge in [-0.05, 0) is 24.3 Å². The fourth-order valence-electron chi connectivity index (χ4n) is 1.40. The van der Waals surface area contributed by atoms with Gasteiger partial charge in [-0.1, -0.05) is 0 Å². The highest BCUT2D eigenvalue weighted by Crippen LogP contribution is 2.07.